The van der Waals surface area contributed by atoms with Crippen LogP contribution in [0, 0.1) is 0 Å². The van der Waals surface area contributed by atoms with Gasteiger partial charge in [0.2, 0.25) is 0 Å². The quantitative estimate of drug-likeness (QED) is 0.741. The smallest absolute Gasteiger partial charge is 0.122 e. The summed E-state index contributed by atoms with van der Waals surface area (Å²) < 4.78 is 2.16. The molecule has 0 aliphatic heterocycles. The van der Waals surface area contributed by atoms with Crippen LogP contribution in [0.1, 0.15) is 38.6 Å². The fourth-order valence-electron chi connectivity index (χ4n) is 1.46. The third-order valence-electron chi connectivity index (χ3n) is 2.11. The molecule has 1 atom stereocenters. The first kappa shape index (κ1) is 9.26. The Hall–Kier alpha value is -0.830. The summed E-state index contributed by atoms with van der Waals surface area (Å²) in [7, 11) is 0. The SMILES string of the molecule is CCCC(C)n1ccnc1CN. The molecule has 1 aromatic rings. The third-order valence-corrected chi connectivity index (χ3v) is 2.11. The topological polar surface area (TPSA) is 43.8 Å². The van der Waals surface area contributed by atoms with Crippen molar-refractivity contribution in [1.29, 1.82) is 0 Å². The van der Waals surface area contributed by atoms with E-state index in [4.69, 9.17) is 5.73 Å². The summed E-state index contributed by atoms with van der Waals surface area (Å²) in [4.78, 5) is 4.18. The van der Waals surface area contributed by atoms with Crippen LogP contribution >= 0.6 is 0 Å². The van der Waals surface area contributed by atoms with E-state index in [0.29, 0.717) is 12.6 Å². The van der Waals surface area contributed by atoms with Crippen molar-refractivity contribution < 1.29 is 0 Å². The van der Waals surface area contributed by atoms with E-state index in [0.717, 1.165) is 5.82 Å². The van der Waals surface area contributed by atoms with Crippen molar-refractivity contribution >= 4 is 0 Å². The zero-order chi connectivity index (χ0) is 8.97. The highest BCUT2D eigenvalue weighted by molar-refractivity contribution is 4.93. The van der Waals surface area contributed by atoms with Crippen molar-refractivity contribution in [3.05, 3.63) is 18.2 Å². The van der Waals surface area contributed by atoms with Crippen molar-refractivity contribution in [2.75, 3.05) is 0 Å². The summed E-state index contributed by atoms with van der Waals surface area (Å²) in [6, 6.07) is 0.524. The number of nitrogens with zero attached hydrogens (tertiary/aromatic N) is 2. The van der Waals surface area contributed by atoms with Crippen LogP contribution in [0.3, 0.4) is 0 Å². The van der Waals surface area contributed by atoms with Crippen LogP contribution in [0.15, 0.2) is 12.4 Å². The maximum Gasteiger partial charge on any atom is 0.122 e. The van der Waals surface area contributed by atoms with E-state index in [9.17, 15) is 0 Å². The van der Waals surface area contributed by atoms with Gasteiger partial charge in [-0.2, -0.15) is 0 Å². The molecule has 0 aromatic carbocycles. The molecule has 2 N–H and O–H groups in total. The molecular weight excluding hydrogens is 150 g/mol. The standard InChI is InChI=1S/C9H17N3/c1-3-4-8(2)12-6-5-11-9(12)7-10/h5-6,8H,3-4,7,10H2,1-2H3. The molecule has 0 saturated heterocycles. The molecule has 0 amide bonds. The number of hydrogen-bond donors (Lipinski definition) is 1. The molecule has 0 aliphatic carbocycles. The summed E-state index contributed by atoms with van der Waals surface area (Å²) in [6.45, 7) is 4.92. The molecule has 1 heterocycles. The minimum atomic E-state index is 0.524. The fraction of sp³-hybridized carbons (Fsp3) is 0.667. The normalized spacial score (nSPS) is 13.2. The van der Waals surface area contributed by atoms with Crippen LogP contribution in [0.25, 0.3) is 0 Å². The second-order valence-corrected chi connectivity index (χ2v) is 3.09. The predicted octanol–water partition coefficient (Wildman–Crippen LogP) is 1.70. The lowest BCUT2D eigenvalue weighted by Gasteiger charge is -2.14. The van der Waals surface area contributed by atoms with Gasteiger partial charge in [-0.3, -0.25) is 0 Å². The molecule has 0 radical (unpaired) electrons. The first-order chi connectivity index (χ1) is 5.79. The Kier molecular flexibility index (Phi) is 3.29. The molecule has 12 heavy (non-hydrogen) atoms. The molecule has 68 valence electrons. The molecule has 0 spiro atoms. The lowest BCUT2D eigenvalue weighted by molar-refractivity contribution is 0.483. The monoisotopic (exact) mass is 167 g/mol. The largest absolute Gasteiger partial charge is 0.331 e. The number of rotatable bonds is 4. The average molecular weight is 167 g/mol. The Morgan fingerprint density at radius 3 is 3.00 bits per heavy atom. The second kappa shape index (κ2) is 4.26. The maximum atomic E-state index is 5.55. The van der Waals surface area contributed by atoms with E-state index in [1.807, 2.05) is 12.4 Å². The molecule has 1 rings (SSSR count). The van der Waals surface area contributed by atoms with Gasteiger partial charge in [0.05, 0.1) is 6.54 Å². The van der Waals surface area contributed by atoms with Gasteiger partial charge in [0, 0.05) is 18.4 Å². The van der Waals surface area contributed by atoms with E-state index in [1.165, 1.54) is 12.8 Å². The molecule has 3 nitrogen and oxygen atoms in total. The number of imidazole rings is 1. The van der Waals surface area contributed by atoms with Crippen molar-refractivity contribution in [3.8, 4) is 0 Å². The Morgan fingerprint density at radius 2 is 2.42 bits per heavy atom. The maximum absolute atomic E-state index is 5.55. The Labute approximate surface area is 73.6 Å². The lowest BCUT2D eigenvalue weighted by Crippen LogP contribution is -2.11. The van der Waals surface area contributed by atoms with E-state index in [-0.39, 0.29) is 0 Å². The van der Waals surface area contributed by atoms with Gasteiger partial charge in [-0.15, -0.1) is 0 Å². The zero-order valence-electron chi connectivity index (χ0n) is 7.83. The van der Waals surface area contributed by atoms with Crippen molar-refractivity contribution in [2.24, 2.45) is 5.73 Å². The lowest BCUT2D eigenvalue weighted by atomic mass is 10.2. The van der Waals surface area contributed by atoms with E-state index >= 15 is 0 Å². The first-order valence-corrected chi connectivity index (χ1v) is 4.51. The Balaban J connectivity index is 2.71. The van der Waals surface area contributed by atoms with Crippen LogP contribution < -0.4 is 5.73 Å². The van der Waals surface area contributed by atoms with Gasteiger partial charge < -0.3 is 10.3 Å². The second-order valence-electron chi connectivity index (χ2n) is 3.09. The summed E-state index contributed by atoms with van der Waals surface area (Å²) in [5.74, 6) is 0.982. The Bertz CT molecular complexity index is 229. The zero-order valence-corrected chi connectivity index (χ0v) is 7.83. The fourth-order valence-corrected chi connectivity index (χ4v) is 1.46. The summed E-state index contributed by atoms with van der Waals surface area (Å²) in [5, 5.41) is 0. The highest BCUT2D eigenvalue weighted by Crippen LogP contribution is 2.14. The van der Waals surface area contributed by atoms with Crippen molar-refractivity contribution in [1.82, 2.24) is 9.55 Å². The highest BCUT2D eigenvalue weighted by atomic mass is 15.1. The van der Waals surface area contributed by atoms with Gasteiger partial charge in [0.25, 0.3) is 0 Å². The van der Waals surface area contributed by atoms with Gasteiger partial charge in [0.1, 0.15) is 5.82 Å². The van der Waals surface area contributed by atoms with E-state index < -0.39 is 0 Å². The van der Waals surface area contributed by atoms with Gasteiger partial charge in [-0.05, 0) is 13.3 Å². The van der Waals surface area contributed by atoms with Crippen LogP contribution in [0.5, 0.6) is 0 Å². The molecular formula is C9H17N3. The van der Waals surface area contributed by atoms with E-state index in [1.54, 1.807) is 0 Å². The van der Waals surface area contributed by atoms with Gasteiger partial charge >= 0.3 is 0 Å². The van der Waals surface area contributed by atoms with Crippen LogP contribution in [-0.2, 0) is 6.54 Å². The summed E-state index contributed by atoms with van der Waals surface area (Å²) in [5.41, 5.74) is 5.55. The Morgan fingerprint density at radius 1 is 1.67 bits per heavy atom. The van der Waals surface area contributed by atoms with Crippen molar-refractivity contribution in [2.45, 2.75) is 39.3 Å². The molecule has 1 aromatic heterocycles. The van der Waals surface area contributed by atoms with Crippen LogP contribution in [-0.4, -0.2) is 9.55 Å². The van der Waals surface area contributed by atoms with Crippen LogP contribution in [0.4, 0.5) is 0 Å². The molecule has 0 bridgehead atoms. The first-order valence-electron chi connectivity index (χ1n) is 4.51. The molecule has 3 heteroatoms. The van der Waals surface area contributed by atoms with E-state index in [2.05, 4.69) is 23.4 Å². The molecule has 1 unspecified atom stereocenters. The number of aromatic nitrogens is 2. The van der Waals surface area contributed by atoms with Crippen molar-refractivity contribution in [3.63, 3.8) is 0 Å². The summed E-state index contributed by atoms with van der Waals surface area (Å²) in [6.07, 6.45) is 6.20. The average Bonchev–Trinajstić information content (AvgIpc) is 2.51. The molecule has 0 saturated carbocycles. The van der Waals surface area contributed by atoms with Gasteiger partial charge in [-0.25, -0.2) is 4.98 Å². The van der Waals surface area contributed by atoms with Crippen LogP contribution in [0.2, 0.25) is 0 Å². The minimum Gasteiger partial charge on any atom is -0.331 e. The van der Waals surface area contributed by atoms with Gasteiger partial charge in [0.15, 0.2) is 0 Å². The third kappa shape index (κ3) is 1.85. The molecule has 0 fully saturated rings. The number of hydrogen-bond acceptors (Lipinski definition) is 2. The number of nitrogens with two attached hydrogens (primary N) is 1. The summed E-state index contributed by atoms with van der Waals surface area (Å²) >= 11 is 0. The minimum absolute atomic E-state index is 0.524. The molecule has 0 aliphatic rings. The predicted molar refractivity (Wildman–Crippen MR) is 49.7 cm³/mol. The highest BCUT2D eigenvalue weighted by Gasteiger charge is 2.06. The van der Waals surface area contributed by atoms with Gasteiger partial charge in [-0.1, -0.05) is 13.3 Å².